The molecular weight excluding hydrogens is 339 g/mol. The zero-order valence-electron chi connectivity index (χ0n) is 14.2. The molecule has 4 rings (SSSR count). The molecule has 1 amide bonds. The Bertz CT molecular complexity index is 809. The summed E-state index contributed by atoms with van der Waals surface area (Å²) in [5, 5.41) is 2.88. The second-order valence-electron chi connectivity index (χ2n) is 6.22. The third-order valence-electron chi connectivity index (χ3n) is 4.47. The van der Waals surface area contributed by atoms with E-state index in [1.54, 1.807) is 24.3 Å². The Kier molecular flexibility index (Phi) is 4.57. The summed E-state index contributed by atoms with van der Waals surface area (Å²) in [5.41, 5.74) is 1.51. The highest BCUT2D eigenvalue weighted by Gasteiger charge is 2.20. The molecule has 1 aromatic heterocycles. The fourth-order valence-electron chi connectivity index (χ4n) is 3.13. The first-order valence-corrected chi connectivity index (χ1v) is 8.46. The summed E-state index contributed by atoms with van der Waals surface area (Å²) in [7, 11) is 0. The highest BCUT2D eigenvalue weighted by atomic mass is 19.1. The molecule has 3 heterocycles. The molecule has 0 saturated carbocycles. The summed E-state index contributed by atoms with van der Waals surface area (Å²) in [6, 6.07) is 8.56. The van der Waals surface area contributed by atoms with Gasteiger partial charge in [0.25, 0.3) is 0 Å². The number of rotatable bonds is 4. The van der Waals surface area contributed by atoms with Gasteiger partial charge in [-0.25, -0.2) is 4.98 Å². The van der Waals surface area contributed by atoms with Crippen molar-refractivity contribution in [2.24, 2.45) is 0 Å². The minimum atomic E-state index is -0.479. The van der Waals surface area contributed by atoms with Crippen molar-refractivity contribution in [1.82, 2.24) is 9.88 Å². The molecule has 1 N–H and O–H groups in total. The highest BCUT2D eigenvalue weighted by Crippen LogP contribution is 2.34. The van der Waals surface area contributed by atoms with Crippen molar-refractivity contribution < 1.29 is 18.7 Å². The molecule has 0 spiro atoms. The van der Waals surface area contributed by atoms with E-state index in [1.165, 1.54) is 12.3 Å². The van der Waals surface area contributed by atoms with Crippen molar-refractivity contribution in [3.05, 3.63) is 42.5 Å². The average molecular weight is 358 g/mol. The number of amides is 1. The summed E-state index contributed by atoms with van der Waals surface area (Å²) in [5.74, 6) is 0.771. The summed E-state index contributed by atoms with van der Waals surface area (Å²) in [6.07, 6.45) is 1.47. The minimum absolute atomic E-state index is 0.0766. The highest BCUT2D eigenvalue weighted by molar-refractivity contribution is 5.92. The standard InChI is InChI=1S/C18H19FN4O3/c19-17-10-14(3-4-20-17)23-7-5-22(6-8-23)11-18(24)21-13-1-2-15-16(9-13)26-12-25-15/h1-4,9-10H,5-8,11-12H2,(H,21,24). The number of benzene rings is 1. The van der Waals surface area contributed by atoms with E-state index in [9.17, 15) is 9.18 Å². The van der Waals surface area contributed by atoms with E-state index in [-0.39, 0.29) is 12.7 Å². The van der Waals surface area contributed by atoms with Crippen LogP contribution in [0.5, 0.6) is 11.5 Å². The van der Waals surface area contributed by atoms with Crippen LogP contribution in [0.3, 0.4) is 0 Å². The van der Waals surface area contributed by atoms with Crippen LogP contribution in [-0.4, -0.2) is 55.3 Å². The van der Waals surface area contributed by atoms with Crippen molar-refractivity contribution >= 4 is 17.3 Å². The van der Waals surface area contributed by atoms with Gasteiger partial charge < -0.3 is 19.7 Å². The van der Waals surface area contributed by atoms with Crippen molar-refractivity contribution in [2.75, 3.05) is 49.7 Å². The summed E-state index contributed by atoms with van der Waals surface area (Å²) < 4.78 is 23.8. The Labute approximate surface area is 150 Å². The molecule has 7 nitrogen and oxygen atoms in total. The van der Waals surface area contributed by atoms with Gasteiger partial charge in [0.05, 0.1) is 6.54 Å². The Hall–Kier alpha value is -2.87. The fourth-order valence-corrected chi connectivity index (χ4v) is 3.13. The van der Waals surface area contributed by atoms with Gasteiger partial charge in [-0.2, -0.15) is 4.39 Å². The van der Waals surface area contributed by atoms with E-state index in [0.717, 1.165) is 31.9 Å². The molecule has 1 fully saturated rings. The Morgan fingerprint density at radius 3 is 2.73 bits per heavy atom. The number of piperazine rings is 1. The van der Waals surface area contributed by atoms with E-state index in [2.05, 4.69) is 20.1 Å². The van der Waals surface area contributed by atoms with Gasteiger partial charge >= 0.3 is 0 Å². The zero-order valence-corrected chi connectivity index (χ0v) is 14.2. The van der Waals surface area contributed by atoms with Gasteiger partial charge in [-0.15, -0.1) is 0 Å². The number of halogens is 1. The number of hydrogen-bond acceptors (Lipinski definition) is 6. The maximum Gasteiger partial charge on any atom is 0.238 e. The number of pyridine rings is 1. The van der Waals surface area contributed by atoms with Crippen molar-refractivity contribution in [3.8, 4) is 11.5 Å². The third-order valence-corrected chi connectivity index (χ3v) is 4.47. The van der Waals surface area contributed by atoms with Crippen LogP contribution in [0.2, 0.25) is 0 Å². The smallest absolute Gasteiger partial charge is 0.238 e. The summed E-state index contributed by atoms with van der Waals surface area (Å²) >= 11 is 0. The number of ether oxygens (including phenoxy) is 2. The lowest BCUT2D eigenvalue weighted by Crippen LogP contribution is -2.48. The Balaban J connectivity index is 1.28. The molecule has 0 atom stereocenters. The fraction of sp³-hybridized carbons (Fsp3) is 0.333. The molecule has 1 aromatic carbocycles. The van der Waals surface area contributed by atoms with Crippen LogP contribution < -0.4 is 19.7 Å². The molecule has 8 heteroatoms. The van der Waals surface area contributed by atoms with Gasteiger partial charge in [0.2, 0.25) is 18.6 Å². The average Bonchev–Trinajstić information content (AvgIpc) is 3.10. The van der Waals surface area contributed by atoms with Gasteiger partial charge in [0.15, 0.2) is 11.5 Å². The molecule has 0 aliphatic carbocycles. The summed E-state index contributed by atoms with van der Waals surface area (Å²) in [4.78, 5) is 20.0. The predicted molar refractivity (Wildman–Crippen MR) is 94.0 cm³/mol. The van der Waals surface area contributed by atoms with Crippen LogP contribution in [0.1, 0.15) is 0 Å². The summed E-state index contributed by atoms with van der Waals surface area (Å²) in [6.45, 7) is 3.46. The zero-order chi connectivity index (χ0) is 17.9. The lowest BCUT2D eigenvalue weighted by molar-refractivity contribution is -0.117. The van der Waals surface area contributed by atoms with Crippen LogP contribution in [-0.2, 0) is 4.79 Å². The third kappa shape index (κ3) is 3.70. The number of hydrogen-bond donors (Lipinski definition) is 1. The number of nitrogens with zero attached hydrogens (tertiary/aromatic N) is 3. The molecule has 2 aliphatic heterocycles. The number of nitrogens with one attached hydrogen (secondary N) is 1. The SMILES string of the molecule is O=C(CN1CCN(c2ccnc(F)c2)CC1)Nc1ccc2c(c1)OCO2. The molecule has 2 aliphatic rings. The Morgan fingerprint density at radius 1 is 1.12 bits per heavy atom. The van der Waals surface area contributed by atoms with E-state index in [0.29, 0.717) is 23.7 Å². The molecular formula is C18H19FN4O3. The maximum atomic E-state index is 13.2. The van der Waals surface area contributed by atoms with Gasteiger partial charge in [0.1, 0.15) is 0 Å². The van der Waals surface area contributed by atoms with Gasteiger partial charge in [-0.3, -0.25) is 9.69 Å². The number of aromatic nitrogens is 1. The quantitative estimate of drug-likeness (QED) is 0.840. The van der Waals surface area contributed by atoms with Crippen LogP contribution in [0.4, 0.5) is 15.8 Å². The molecule has 0 bridgehead atoms. The first-order chi connectivity index (χ1) is 12.7. The maximum absolute atomic E-state index is 13.2. The minimum Gasteiger partial charge on any atom is -0.454 e. The lowest BCUT2D eigenvalue weighted by atomic mass is 10.2. The van der Waals surface area contributed by atoms with Crippen molar-refractivity contribution in [3.63, 3.8) is 0 Å². The predicted octanol–water partition coefficient (Wildman–Crippen LogP) is 1.71. The number of carbonyl (C=O) groups is 1. The molecule has 0 radical (unpaired) electrons. The molecule has 26 heavy (non-hydrogen) atoms. The monoisotopic (exact) mass is 358 g/mol. The van der Waals surface area contributed by atoms with E-state index in [1.807, 2.05) is 0 Å². The number of anilines is 2. The van der Waals surface area contributed by atoms with E-state index < -0.39 is 5.95 Å². The van der Waals surface area contributed by atoms with Crippen LogP contribution in [0, 0.1) is 5.95 Å². The molecule has 1 saturated heterocycles. The topological polar surface area (TPSA) is 66.9 Å². The Morgan fingerprint density at radius 2 is 1.92 bits per heavy atom. The van der Waals surface area contributed by atoms with Crippen LogP contribution >= 0.6 is 0 Å². The molecule has 0 unspecified atom stereocenters. The van der Waals surface area contributed by atoms with Crippen LogP contribution in [0.25, 0.3) is 0 Å². The number of carbonyl (C=O) groups excluding carboxylic acids is 1. The van der Waals surface area contributed by atoms with Gasteiger partial charge in [0, 0.05) is 55.9 Å². The largest absolute Gasteiger partial charge is 0.454 e. The lowest BCUT2D eigenvalue weighted by Gasteiger charge is -2.35. The first-order valence-electron chi connectivity index (χ1n) is 8.46. The first kappa shape index (κ1) is 16.6. The second kappa shape index (κ2) is 7.17. The number of fused-ring (bicyclic) bond motifs is 1. The molecule has 2 aromatic rings. The molecule has 136 valence electrons. The van der Waals surface area contributed by atoms with Crippen molar-refractivity contribution in [2.45, 2.75) is 0 Å². The van der Waals surface area contributed by atoms with E-state index in [4.69, 9.17) is 9.47 Å². The van der Waals surface area contributed by atoms with Crippen LogP contribution in [0.15, 0.2) is 36.5 Å². The van der Waals surface area contributed by atoms with Gasteiger partial charge in [-0.05, 0) is 18.2 Å². The van der Waals surface area contributed by atoms with Crippen molar-refractivity contribution in [1.29, 1.82) is 0 Å². The van der Waals surface area contributed by atoms with Gasteiger partial charge in [-0.1, -0.05) is 0 Å². The van der Waals surface area contributed by atoms with E-state index >= 15 is 0 Å². The second-order valence-corrected chi connectivity index (χ2v) is 6.22. The normalized spacial score (nSPS) is 16.6.